The molecular formula is C21H33N3O3S2. The molecule has 1 N–H and O–H groups in total. The minimum Gasteiger partial charge on any atom is -0.351 e. The minimum absolute atomic E-state index is 0.192. The number of amides is 1. The van der Waals surface area contributed by atoms with Crippen molar-refractivity contribution in [1.29, 1.82) is 0 Å². The van der Waals surface area contributed by atoms with Gasteiger partial charge in [-0.3, -0.25) is 4.79 Å². The fraction of sp³-hybridized carbons (Fsp3) is 0.667. The zero-order valence-electron chi connectivity index (χ0n) is 17.5. The molecule has 1 aromatic carbocycles. The van der Waals surface area contributed by atoms with E-state index in [0.29, 0.717) is 25.2 Å². The SMILES string of the molecule is Cc1ccc(S(=O)(=O)N2CCN(C)CC2)cc1C(=O)NCCSC1CCCCC1. The molecule has 8 heteroatoms. The number of thioether (sulfide) groups is 1. The highest BCUT2D eigenvalue weighted by Gasteiger charge is 2.28. The number of sulfonamides is 1. The first-order chi connectivity index (χ1) is 13.9. The highest BCUT2D eigenvalue weighted by atomic mass is 32.2. The molecule has 1 amide bonds. The maximum Gasteiger partial charge on any atom is 0.251 e. The van der Waals surface area contributed by atoms with E-state index in [1.807, 2.05) is 25.7 Å². The van der Waals surface area contributed by atoms with Crippen molar-refractivity contribution in [2.45, 2.75) is 49.2 Å². The first-order valence-electron chi connectivity index (χ1n) is 10.6. The molecule has 1 aliphatic heterocycles. The predicted molar refractivity (Wildman–Crippen MR) is 119 cm³/mol. The third-order valence-corrected chi connectivity index (χ3v) is 9.12. The summed E-state index contributed by atoms with van der Waals surface area (Å²) in [6.07, 6.45) is 6.55. The zero-order valence-corrected chi connectivity index (χ0v) is 19.2. The van der Waals surface area contributed by atoms with Gasteiger partial charge in [-0.1, -0.05) is 25.3 Å². The Kier molecular flexibility index (Phi) is 8.01. The Labute approximate surface area is 179 Å². The molecular weight excluding hydrogens is 406 g/mol. The van der Waals surface area contributed by atoms with Crippen LogP contribution >= 0.6 is 11.8 Å². The molecule has 2 aliphatic rings. The van der Waals surface area contributed by atoms with E-state index in [1.54, 1.807) is 12.1 Å². The summed E-state index contributed by atoms with van der Waals surface area (Å²) < 4.78 is 27.5. The van der Waals surface area contributed by atoms with Crippen LogP contribution in [-0.4, -0.2) is 74.3 Å². The van der Waals surface area contributed by atoms with E-state index in [4.69, 9.17) is 0 Å². The van der Waals surface area contributed by atoms with Crippen LogP contribution in [-0.2, 0) is 10.0 Å². The third kappa shape index (κ3) is 5.96. The molecule has 3 rings (SSSR count). The number of benzene rings is 1. The first-order valence-corrected chi connectivity index (χ1v) is 13.1. The number of carbonyl (C=O) groups excluding carboxylic acids is 1. The summed E-state index contributed by atoms with van der Waals surface area (Å²) in [4.78, 5) is 15.0. The van der Waals surface area contributed by atoms with Gasteiger partial charge < -0.3 is 10.2 Å². The number of rotatable bonds is 7. The predicted octanol–water partition coefficient (Wildman–Crippen LogP) is 2.73. The molecule has 0 radical (unpaired) electrons. The van der Waals surface area contributed by atoms with Gasteiger partial charge in [0.25, 0.3) is 5.91 Å². The lowest BCUT2D eigenvalue weighted by molar-refractivity contribution is 0.0955. The van der Waals surface area contributed by atoms with Crippen molar-refractivity contribution in [1.82, 2.24) is 14.5 Å². The van der Waals surface area contributed by atoms with Crippen molar-refractivity contribution in [3.05, 3.63) is 29.3 Å². The molecule has 0 bridgehead atoms. The van der Waals surface area contributed by atoms with Crippen molar-refractivity contribution < 1.29 is 13.2 Å². The van der Waals surface area contributed by atoms with Gasteiger partial charge in [0, 0.05) is 49.3 Å². The van der Waals surface area contributed by atoms with Gasteiger partial charge in [-0.15, -0.1) is 0 Å². The van der Waals surface area contributed by atoms with Gasteiger partial charge in [0.2, 0.25) is 10.0 Å². The Morgan fingerprint density at radius 2 is 1.83 bits per heavy atom. The fourth-order valence-electron chi connectivity index (χ4n) is 3.90. The van der Waals surface area contributed by atoms with E-state index in [9.17, 15) is 13.2 Å². The van der Waals surface area contributed by atoms with Gasteiger partial charge in [0.1, 0.15) is 0 Å². The number of likely N-dealkylation sites (N-methyl/N-ethyl adjacent to an activating group) is 1. The number of nitrogens with zero attached hydrogens (tertiary/aromatic N) is 2. The number of nitrogens with one attached hydrogen (secondary N) is 1. The van der Waals surface area contributed by atoms with Crippen LogP contribution in [0.2, 0.25) is 0 Å². The van der Waals surface area contributed by atoms with Gasteiger partial charge in [0.15, 0.2) is 0 Å². The largest absolute Gasteiger partial charge is 0.351 e. The lowest BCUT2D eigenvalue weighted by atomic mass is 10.0. The van der Waals surface area contributed by atoms with Crippen LogP contribution in [0.3, 0.4) is 0 Å². The quantitative estimate of drug-likeness (QED) is 0.662. The summed E-state index contributed by atoms with van der Waals surface area (Å²) >= 11 is 1.94. The Bertz CT molecular complexity index is 799. The smallest absolute Gasteiger partial charge is 0.251 e. The van der Waals surface area contributed by atoms with E-state index < -0.39 is 10.0 Å². The second kappa shape index (κ2) is 10.3. The monoisotopic (exact) mass is 439 g/mol. The molecule has 6 nitrogen and oxygen atoms in total. The van der Waals surface area contributed by atoms with Crippen LogP contribution in [0.5, 0.6) is 0 Å². The van der Waals surface area contributed by atoms with Crippen molar-refractivity contribution in [2.24, 2.45) is 0 Å². The molecule has 29 heavy (non-hydrogen) atoms. The maximum atomic E-state index is 13.0. The minimum atomic E-state index is -3.58. The summed E-state index contributed by atoms with van der Waals surface area (Å²) in [6, 6.07) is 4.87. The van der Waals surface area contributed by atoms with E-state index in [2.05, 4.69) is 10.2 Å². The van der Waals surface area contributed by atoms with Crippen LogP contribution in [0.4, 0.5) is 0 Å². The Hall–Kier alpha value is -1.09. The average molecular weight is 440 g/mol. The molecule has 0 atom stereocenters. The lowest BCUT2D eigenvalue weighted by Crippen LogP contribution is -2.47. The fourth-order valence-corrected chi connectivity index (χ4v) is 6.57. The number of hydrogen-bond donors (Lipinski definition) is 1. The van der Waals surface area contributed by atoms with E-state index in [0.717, 1.165) is 29.7 Å². The van der Waals surface area contributed by atoms with E-state index in [-0.39, 0.29) is 10.8 Å². The van der Waals surface area contributed by atoms with Crippen LogP contribution in [0.15, 0.2) is 23.1 Å². The number of piperazine rings is 1. The maximum absolute atomic E-state index is 13.0. The normalized spacial score (nSPS) is 19.9. The van der Waals surface area contributed by atoms with Crippen LogP contribution in [0.25, 0.3) is 0 Å². The van der Waals surface area contributed by atoms with Crippen LogP contribution in [0, 0.1) is 6.92 Å². The van der Waals surface area contributed by atoms with E-state index >= 15 is 0 Å². The number of carbonyl (C=O) groups is 1. The molecule has 162 valence electrons. The van der Waals surface area contributed by atoms with E-state index in [1.165, 1.54) is 42.5 Å². The standard InChI is InChI=1S/C21H33N3O3S2/c1-17-8-9-19(29(26,27)24-13-11-23(2)12-14-24)16-20(17)21(25)22-10-15-28-18-6-4-3-5-7-18/h8-9,16,18H,3-7,10-15H2,1-2H3,(H,22,25). The summed E-state index contributed by atoms with van der Waals surface area (Å²) in [5, 5.41) is 3.69. The molecule has 2 fully saturated rings. The summed E-state index contributed by atoms with van der Waals surface area (Å²) in [5.74, 6) is 0.705. The highest BCUT2D eigenvalue weighted by Crippen LogP contribution is 2.27. The second-order valence-corrected chi connectivity index (χ2v) is 11.4. The molecule has 1 aromatic rings. The summed E-state index contributed by atoms with van der Waals surface area (Å²) in [6.45, 7) is 4.85. The van der Waals surface area contributed by atoms with Crippen molar-refractivity contribution in [3.63, 3.8) is 0 Å². The van der Waals surface area contributed by atoms with Gasteiger partial charge in [-0.25, -0.2) is 8.42 Å². The molecule has 1 heterocycles. The Balaban J connectivity index is 1.59. The molecule has 1 aliphatic carbocycles. The molecule has 0 aromatic heterocycles. The summed E-state index contributed by atoms with van der Waals surface area (Å²) in [7, 11) is -1.58. The summed E-state index contributed by atoms with van der Waals surface area (Å²) in [5.41, 5.74) is 1.24. The highest BCUT2D eigenvalue weighted by molar-refractivity contribution is 7.99. The van der Waals surface area contributed by atoms with Crippen molar-refractivity contribution in [2.75, 3.05) is 45.5 Å². The Morgan fingerprint density at radius 1 is 1.14 bits per heavy atom. The molecule has 1 saturated carbocycles. The van der Waals surface area contributed by atoms with Crippen molar-refractivity contribution in [3.8, 4) is 0 Å². The molecule has 1 saturated heterocycles. The van der Waals surface area contributed by atoms with Gasteiger partial charge in [-0.2, -0.15) is 16.1 Å². The topological polar surface area (TPSA) is 69.7 Å². The van der Waals surface area contributed by atoms with Gasteiger partial charge >= 0.3 is 0 Å². The number of hydrogen-bond acceptors (Lipinski definition) is 5. The zero-order chi connectivity index (χ0) is 20.9. The lowest BCUT2D eigenvalue weighted by Gasteiger charge is -2.31. The molecule has 0 spiro atoms. The van der Waals surface area contributed by atoms with Gasteiger partial charge in [-0.05, 0) is 44.5 Å². The first kappa shape index (κ1) is 22.6. The second-order valence-electron chi connectivity index (χ2n) is 8.07. The Morgan fingerprint density at radius 3 is 2.52 bits per heavy atom. The van der Waals surface area contributed by atoms with Crippen LogP contribution < -0.4 is 5.32 Å². The van der Waals surface area contributed by atoms with Crippen LogP contribution in [0.1, 0.15) is 48.0 Å². The number of aryl methyl sites for hydroxylation is 1. The van der Waals surface area contributed by atoms with Crippen molar-refractivity contribution >= 4 is 27.7 Å². The average Bonchev–Trinajstić information content (AvgIpc) is 2.72. The van der Waals surface area contributed by atoms with Gasteiger partial charge in [0.05, 0.1) is 4.90 Å². The molecule has 0 unspecified atom stereocenters. The third-order valence-electron chi connectivity index (χ3n) is 5.85.